The summed E-state index contributed by atoms with van der Waals surface area (Å²) in [5.41, 5.74) is 5.78. The zero-order valence-electron chi connectivity index (χ0n) is 15.0. The molecule has 0 aliphatic carbocycles. The molecule has 27 heavy (non-hydrogen) atoms. The first-order chi connectivity index (χ1) is 12.8. The lowest BCUT2D eigenvalue weighted by Crippen LogP contribution is -2.05. The van der Waals surface area contributed by atoms with Gasteiger partial charge < -0.3 is 4.57 Å². The molecule has 0 atom stereocenters. The van der Waals surface area contributed by atoms with Gasteiger partial charge in [0.15, 0.2) is 0 Å². The van der Waals surface area contributed by atoms with Crippen LogP contribution in [0.25, 0.3) is 5.82 Å². The highest BCUT2D eigenvalue weighted by molar-refractivity contribution is 5.82. The Morgan fingerprint density at radius 3 is 2.48 bits per heavy atom. The van der Waals surface area contributed by atoms with E-state index in [-0.39, 0.29) is 5.82 Å². The molecule has 0 saturated heterocycles. The number of aryl methyl sites for hydroxylation is 2. The molecule has 0 saturated carbocycles. The maximum absolute atomic E-state index is 12.5. The molecule has 0 unspecified atom stereocenters. The van der Waals surface area contributed by atoms with Crippen molar-refractivity contribution in [3.63, 3.8) is 0 Å². The van der Waals surface area contributed by atoms with Crippen LogP contribution in [0.15, 0.2) is 47.8 Å². The van der Waals surface area contributed by atoms with E-state index < -0.39 is 11.7 Å². The molecule has 0 bridgehead atoms. The largest absolute Gasteiger partial charge is 0.417 e. The summed E-state index contributed by atoms with van der Waals surface area (Å²) in [7, 11) is 0. The lowest BCUT2D eigenvalue weighted by Gasteiger charge is -2.09. The number of nitrogens with zero attached hydrogens (tertiary/aromatic N) is 4. The highest BCUT2D eigenvalue weighted by Crippen LogP contribution is 2.28. The third-order valence-corrected chi connectivity index (χ3v) is 4.07. The Hall–Kier alpha value is -3.16. The van der Waals surface area contributed by atoms with E-state index >= 15 is 0 Å². The van der Waals surface area contributed by atoms with Crippen molar-refractivity contribution >= 4 is 12.0 Å². The molecule has 3 heterocycles. The van der Waals surface area contributed by atoms with Gasteiger partial charge in [-0.05, 0) is 56.7 Å². The number of anilines is 1. The van der Waals surface area contributed by atoms with Gasteiger partial charge in [0, 0.05) is 29.3 Å². The fourth-order valence-corrected chi connectivity index (χ4v) is 2.71. The van der Waals surface area contributed by atoms with Crippen LogP contribution in [-0.2, 0) is 6.18 Å². The van der Waals surface area contributed by atoms with Crippen molar-refractivity contribution in [3.05, 3.63) is 70.8 Å². The molecule has 3 aromatic rings. The predicted octanol–water partition coefficient (Wildman–Crippen LogP) is 4.66. The van der Waals surface area contributed by atoms with Crippen LogP contribution in [0.2, 0.25) is 0 Å². The Balaban J connectivity index is 1.77. The van der Waals surface area contributed by atoms with Crippen LogP contribution < -0.4 is 5.43 Å². The Morgan fingerprint density at radius 1 is 1.07 bits per heavy atom. The van der Waals surface area contributed by atoms with E-state index in [9.17, 15) is 13.2 Å². The van der Waals surface area contributed by atoms with Crippen LogP contribution >= 0.6 is 0 Å². The number of rotatable bonds is 4. The summed E-state index contributed by atoms with van der Waals surface area (Å²) in [6.07, 6.45) is -0.271. The fourth-order valence-electron chi connectivity index (χ4n) is 2.71. The standard InChI is InChI=1S/C19H18F3N5/c1-12-6-7-23-18(8-12)27-13(2)9-15(14(27)3)10-25-26-17-5-4-16(11-24-17)19(20,21)22/h4-11H,1-3H3,(H,24,26)/b25-10-. The predicted molar refractivity (Wildman–Crippen MR) is 98.2 cm³/mol. The number of alkyl halides is 3. The van der Waals surface area contributed by atoms with Gasteiger partial charge >= 0.3 is 6.18 Å². The number of pyridine rings is 2. The monoisotopic (exact) mass is 373 g/mol. The van der Waals surface area contributed by atoms with Crippen LogP contribution in [0.4, 0.5) is 19.0 Å². The van der Waals surface area contributed by atoms with Crippen molar-refractivity contribution in [2.24, 2.45) is 5.10 Å². The summed E-state index contributed by atoms with van der Waals surface area (Å²) < 4.78 is 39.7. The van der Waals surface area contributed by atoms with Gasteiger partial charge in [-0.1, -0.05) is 0 Å². The summed E-state index contributed by atoms with van der Waals surface area (Å²) in [5.74, 6) is 1.05. The third kappa shape index (κ3) is 4.16. The number of aromatic nitrogens is 3. The number of halogens is 3. The van der Waals surface area contributed by atoms with Gasteiger partial charge in [0.1, 0.15) is 11.6 Å². The van der Waals surface area contributed by atoms with Gasteiger partial charge in [-0.15, -0.1) is 0 Å². The summed E-state index contributed by atoms with van der Waals surface area (Å²) >= 11 is 0. The number of nitrogens with one attached hydrogen (secondary N) is 1. The molecule has 3 aromatic heterocycles. The van der Waals surface area contributed by atoms with Gasteiger partial charge in [0.2, 0.25) is 0 Å². The second kappa shape index (κ2) is 7.22. The first-order valence-corrected chi connectivity index (χ1v) is 8.20. The first kappa shape index (κ1) is 18.6. The molecule has 0 aliphatic heterocycles. The SMILES string of the molecule is Cc1ccnc(-n2c(C)cc(/C=N\Nc3ccc(C(F)(F)F)cn3)c2C)c1. The van der Waals surface area contributed by atoms with Crippen molar-refractivity contribution in [2.75, 3.05) is 5.43 Å². The van der Waals surface area contributed by atoms with Crippen molar-refractivity contribution in [1.82, 2.24) is 14.5 Å². The van der Waals surface area contributed by atoms with Gasteiger partial charge in [-0.2, -0.15) is 18.3 Å². The first-order valence-electron chi connectivity index (χ1n) is 8.20. The van der Waals surface area contributed by atoms with E-state index in [4.69, 9.17) is 0 Å². The highest BCUT2D eigenvalue weighted by atomic mass is 19.4. The fraction of sp³-hybridized carbons (Fsp3) is 0.211. The maximum atomic E-state index is 12.5. The molecule has 0 fully saturated rings. The number of hydrogen-bond donors (Lipinski definition) is 1. The minimum absolute atomic E-state index is 0.230. The van der Waals surface area contributed by atoms with Crippen LogP contribution in [-0.4, -0.2) is 20.7 Å². The zero-order valence-corrected chi connectivity index (χ0v) is 15.0. The smallest absolute Gasteiger partial charge is 0.303 e. The Labute approximate surface area is 154 Å². The number of hydrazone groups is 1. The molecular formula is C19H18F3N5. The lowest BCUT2D eigenvalue weighted by molar-refractivity contribution is -0.137. The second-order valence-corrected chi connectivity index (χ2v) is 6.15. The van der Waals surface area contributed by atoms with Crippen molar-refractivity contribution in [3.8, 4) is 5.82 Å². The summed E-state index contributed by atoms with van der Waals surface area (Å²) in [4.78, 5) is 8.12. The Kier molecular flexibility index (Phi) is 4.98. The summed E-state index contributed by atoms with van der Waals surface area (Å²) in [6, 6.07) is 8.08. The maximum Gasteiger partial charge on any atom is 0.417 e. The second-order valence-electron chi connectivity index (χ2n) is 6.15. The summed E-state index contributed by atoms with van der Waals surface area (Å²) in [6.45, 7) is 5.93. The zero-order chi connectivity index (χ0) is 19.6. The van der Waals surface area contributed by atoms with E-state index in [2.05, 4.69) is 20.5 Å². The molecule has 3 rings (SSSR count). The molecule has 0 spiro atoms. The summed E-state index contributed by atoms with van der Waals surface area (Å²) in [5, 5.41) is 4.08. The molecular weight excluding hydrogens is 355 g/mol. The van der Waals surface area contributed by atoms with Gasteiger partial charge in [0.05, 0.1) is 11.8 Å². The quantitative estimate of drug-likeness (QED) is 0.535. The van der Waals surface area contributed by atoms with Crippen molar-refractivity contribution < 1.29 is 13.2 Å². The molecule has 0 aliphatic rings. The van der Waals surface area contributed by atoms with Crippen LogP contribution in [0.5, 0.6) is 0 Å². The molecule has 140 valence electrons. The average molecular weight is 373 g/mol. The Morgan fingerprint density at radius 2 is 1.85 bits per heavy atom. The van der Waals surface area contributed by atoms with E-state index in [1.54, 1.807) is 12.4 Å². The molecule has 5 nitrogen and oxygen atoms in total. The minimum atomic E-state index is -4.41. The van der Waals surface area contributed by atoms with Crippen LogP contribution in [0.1, 0.15) is 28.1 Å². The minimum Gasteiger partial charge on any atom is -0.303 e. The van der Waals surface area contributed by atoms with Crippen LogP contribution in [0.3, 0.4) is 0 Å². The van der Waals surface area contributed by atoms with Crippen molar-refractivity contribution in [1.29, 1.82) is 0 Å². The molecule has 1 N–H and O–H groups in total. The van der Waals surface area contributed by atoms with Crippen LogP contribution in [0, 0.1) is 20.8 Å². The average Bonchev–Trinajstić information content (AvgIpc) is 2.88. The molecule has 0 aromatic carbocycles. The number of hydrogen-bond acceptors (Lipinski definition) is 4. The lowest BCUT2D eigenvalue weighted by atomic mass is 10.2. The Bertz CT molecular complexity index is 972. The topological polar surface area (TPSA) is 55.1 Å². The van der Waals surface area contributed by atoms with Gasteiger partial charge in [0.25, 0.3) is 0 Å². The molecule has 0 radical (unpaired) electrons. The molecule has 0 amide bonds. The van der Waals surface area contributed by atoms with E-state index in [1.165, 1.54) is 6.07 Å². The van der Waals surface area contributed by atoms with E-state index in [0.717, 1.165) is 40.6 Å². The van der Waals surface area contributed by atoms with Gasteiger partial charge in [-0.25, -0.2) is 9.97 Å². The normalized spacial score (nSPS) is 11.9. The molecule has 8 heteroatoms. The van der Waals surface area contributed by atoms with Crippen molar-refractivity contribution in [2.45, 2.75) is 26.9 Å². The van der Waals surface area contributed by atoms with Gasteiger partial charge in [-0.3, -0.25) is 5.43 Å². The third-order valence-electron chi connectivity index (χ3n) is 4.07. The van der Waals surface area contributed by atoms with E-state index in [1.807, 2.05) is 43.5 Å². The highest BCUT2D eigenvalue weighted by Gasteiger charge is 2.30. The van der Waals surface area contributed by atoms with E-state index in [0.29, 0.717) is 0 Å².